The number of halogens is 1. The van der Waals surface area contributed by atoms with E-state index in [1.807, 2.05) is 30.3 Å². The second-order valence-electron chi connectivity index (χ2n) is 11.2. The summed E-state index contributed by atoms with van der Waals surface area (Å²) < 4.78 is 6.66. The summed E-state index contributed by atoms with van der Waals surface area (Å²) in [5, 5.41) is 4.75. The number of fused-ring (bicyclic) bond motifs is 2. The fraction of sp³-hybridized carbons (Fsp3) is 0.257. The molecule has 1 heterocycles. The molecule has 45 heavy (non-hydrogen) atoms. The van der Waals surface area contributed by atoms with Crippen molar-refractivity contribution in [3.63, 3.8) is 0 Å². The average molecular weight is 672 g/mol. The lowest BCUT2D eigenvalue weighted by atomic mass is 10.0. The average Bonchev–Trinajstić information content (AvgIpc) is 3.13. The third kappa shape index (κ3) is 6.08. The first kappa shape index (κ1) is 31.9. The van der Waals surface area contributed by atoms with Crippen molar-refractivity contribution in [1.29, 1.82) is 0 Å². The molecule has 0 unspecified atom stereocenters. The number of Topliss-reactive ketones (excluding diaryl/α,β-unsaturated/α-hetero) is 1. The van der Waals surface area contributed by atoms with E-state index >= 15 is 0 Å². The minimum atomic E-state index is -1.10. The van der Waals surface area contributed by atoms with Gasteiger partial charge in [0.2, 0.25) is 5.91 Å². The van der Waals surface area contributed by atoms with Crippen molar-refractivity contribution in [2.45, 2.75) is 39.4 Å². The maximum Gasteiger partial charge on any atom is 0.258 e. The van der Waals surface area contributed by atoms with Crippen LogP contribution in [0.4, 0.5) is 11.4 Å². The summed E-state index contributed by atoms with van der Waals surface area (Å²) in [5.41, 5.74) is 8.39. The Bertz CT molecular complexity index is 1790. The molecule has 10 heteroatoms. The monoisotopic (exact) mass is 670 g/mol. The number of nitrogens with one attached hydrogen (secondary N) is 1. The first-order valence-electron chi connectivity index (χ1n) is 14.7. The fourth-order valence-corrected chi connectivity index (χ4v) is 6.16. The molecule has 232 valence electrons. The topological polar surface area (TPSA) is 122 Å². The van der Waals surface area contributed by atoms with Crippen LogP contribution < -0.4 is 25.6 Å². The molecule has 1 aliphatic heterocycles. The summed E-state index contributed by atoms with van der Waals surface area (Å²) in [7, 11) is 1.58. The maximum atomic E-state index is 14.7. The van der Waals surface area contributed by atoms with Gasteiger partial charge in [0.1, 0.15) is 11.8 Å². The predicted molar refractivity (Wildman–Crippen MR) is 179 cm³/mol. The van der Waals surface area contributed by atoms with Gasteiger partial charge in [-0.3, -0.25) is 19.2 Å². The smallest absolute Gasteiger partial charge is 0.258 e. The lowest BCUT2D eigenvalue weighted by molar-refractivity contribution is -0.129. The van der Waals surface area contributed by atoms with Crippen molar-refractivity contribution in [2.24, 2.45) is 11.7 Å². The molecule has 3 atom stereocenters. The van der Waals surface area contributed by atoms with E-state index in [1.165, 1.54) is 6.92 Å². The second kappa shape index (κ2) is 13.2. The zero-order chi connectivity index (χ0) is 32.4. The molecule has 0 saturated carbocycles. The molecule has 0 spiro atoms. The van der Waals surface area contributed by atoms with Crippen molar-refractivity contribution in [1.82, 2.24) is 5.32 Å². The van der Waals surface area contributed by atoms with Crippen LogP contribution >= 0.6 is 15.9 Å². The number of nitrogens with two attached hydrogens (primary N) is 1. The Labute approximate surface area is 270 Å². The first-order valence-corrected chi connectivity index (χ1v) is 15.5. The summed E-state index contributed by atoms with van der Waals surface area (Å²) in [6.45, 7) is 5.09. The van der Waals surface area contributed by atoms with Gasteiger partial charge in [0, 0.05) is 33.6 Å². The molecule has 0 aliphatic carbocycles. The second-order valence-corrected chi connectivity index (χ2v) is 12.0. The van der Waals surface area contributed by atoms with Gasteiger partial charge in [-0.05, 0) is 67.1 Å². The molecule has 0 bridgehead atoms. The number of methoxy groups -OCH3 is 1. The standard InChI is InChI=1S/C35H35BrN4O5/c1-20(18-37)33(42)38-32-21(2)40(34(43)24-14-12-23(13-15-24)22(3)41)30-11-6-5-10-29(30)39(35(32)44)19-27-25-8-7-9-28(36)26(25)16-17-31(27)45-4/h5-17,20-21,32H,18-19,37H2,1-4H3,(H,38,42)/t20-,21-,32-/m0/s1. The highest BCUT2D eigenvalue weighted by atomic mass is 79.9. The van der Waals surface area contributed by atoms with Crippen LogP contribution in [0.25, 0.3) is 10.8 Å². The number of benzene rings is 4. The Morgan fingerprint density at radius 3 is 2.24 bits per heavy atom. The van der Waals surface area contributed by atoms with E-state index in [2.05, 4.69) is 21.2 Å². The Morgan fingerprint density at radius 2 is 1.60 bits per heavy atom. The quantitative estimate of drug-likeness (QED) is 0.240. The van der Waals surface area contributed by atoms with E-state index in [9.17, 15) is 19.2 Å². The van der Waals surface area contributed by atoms with Gasteiger partial charge in [-0.1, -0.05) is 59.3 Å². The van der Waals surface area contributed by atoms with Crippen LogP contribution in [0.5, 0.6) is 5.75 Å². The number of para-hydroxylation sites is 2. The van der Waals surface area contributed by atoms with E-state index in [0.29, 0.717) is 28.3 Å². The van der Waals surface area contributed by atoms with E-state index in [0.717, 1.165) is 20.8 Å². The van der Waals surface area contributed by atoms with Crippen LogP contribution in [-0.4, -0.2) is 49.2 Å². The summed E-state index contributed by atoms with van der Waals surface area (Å²) in [6.07, 6.45) is 0. The van der Waals surface area contributed by atoms with E-state index < -0.39 is 23.9 Å². The van der Waals surface area contributed by atoms with Gasteiger partial charge in [-0.15, -0.1) is 0 Å². The van der Waals surface area contributed by atoms with Gasteiger partial charge in [-0.2, -0.15) is 0 Å². The van der Waals surface area contributed by atoms with Gasteiger partial charge < -0.3 is 25.6 Å². The van der Waals surface area contributed by atoms with Crippen LogP contribution in [0, 0.1) is 5.92 Å². The third-order valence-electron chi connectivity index (χ3n) is 8.32. The fourth-order valence-electron chi connectivity index (χ4n) is 5.66. The number of ether oxygens (including phenoxy) is 1. The Morgan fingerprint density at radius 1 is 0.933 bits per heavy atom. The Kier molecular flexibility index (Phi) is 9.36. The lowest BCUT2D eigenvalue weighted by Crippen LogP contribution is -2.58. The van der Waals surface area contributed by atoms with Crippen molar-refractivity contribution in [3.8, 4) is 5.75 Å². The number of hydrogen-bond acceptors (Lipinski definition) is 6. The summed E-state index contributed by atoms with van der Waals surface area (Å²) >= 11 is 3.63. The Balaban J connectivity index is 1.69. The minimum Gasteiger partial charge on any atom is -0.496 e. The highest BCUT2D eigenvalue weighted by Crippen LogP contribution is 2.40. The number of amides is 3. The maximum absolute atomic E-state index is 14.7. The third-order valence-corrected chi connectivity index (χ3v) is 9.01. The van der Waals surface area contributed by atoms with Crippen LogP contribution in [0.1, 0.15) is 47.1 Å². The first-order chi connectivity index (χ1) is 21.6. The van der Waals surface area contributed by atoms with E-state index in [1.54, 1.807) is 79.3 Å². The number of carbonyl (C=O) groups is 4. The zero-order valence-corrected chi connectivity index (χ0v) is 27.1. The molecule has 0 aromatic heterocycles. The molecule has 4 aromatic rings. The number of carbonyl (C=O) groups excluding carboxylic acids is 4. The van der Waals surface area contributed by atoms with E-state index in [4.69, 9.17) is 10.5 Å². The SMILES string of the molecule is COc1ccc2c(Br)cccc2c1CN1C(=O)[C@@H](NC(=O)[C@@H](C)CN)[C@H](C)N(C(=O)c2ccc(C(C)=O)cc2)c2ccccc21. The number of rotatable bonds is 8. The molecule has 9 nitrogen and oxygen atoms in total. The van der Waals surface area contributed by atoms with Crippen molar-refractivity contribution in [2.75, 3.05) is 23.5 Å². The molecule has 1 aliphatic rings. The molecule has 5 rings (SSSR count). The minimum absolute atomic E-state index is 0.0955. The van der Waals surface area contributed by atoms with Crippen LogP contribution in [0.2, 0.25) is 0 Å². The summed E-state index contributed by atoms with van der Waals surface area (Å²) in [5.74, 6) is -1.22. The molecule has 3 N–H and O–H groups in total. The molecule has 3 amide bonds. The molecular weight excluding hydrogens is 636 g/mol. The van der Waals surface area contributed by atoms with Crippen molar-refractivity contribution < 1.29 is 23.9 Å². The molecule has 0 radical (unpaired) electrons. The molecule has 0 saturated heterocycles. The van der Waals surface area contributed by atoms with E-state index in [-0.39, 0.29) is 30.7 Å². The van der Waals surface area contributed by atoms with Gasteiger partial charge in [0.25, 0.3) is 11.8 Å². The predicted octanol–water partition coefficient (Wildman–Crippen LogP) is 5.48. The largest absolute Gasteiger partial charge is 0.496 e. The summed E-state index contributed by atoms with van der Waals surface area (Å²) in [4.78, 5) is 57.2. The number of anilines is 2. The normalized spacial score (nSPS) is 17.0. The van der Waals surface area contributed by atoms with Crippen molar-refractivity contribution in [3.05, 3.63) is 100 Å². The highest BCUT2D eigenvalue weighted by Gasteiger charge is 2.43. The Hall–Kier alpha value is -4.54. The van der Waals surface area contributed by atoms with Gasteiger partial charge in [0.05, 0.1) is 31.1 Å². The molecular formula is C35H35BrN4O5. The number of hydrogen-bond donors (Lipinski definition) is 2. The van der Waals surface area contributed by atoms with Gasteiger partial charge >= 0.3 is 0 Å². The molecule has 4 aromatic carbocycles. The van der Waals surface area contributed by atoms with Gasteiger partial charge in [0.15, 0.2) is 5.78 Å². The zero-order valence-electron chi connectivity index (χ0n) is 25.5. The summed E-state index contributed by atoms with van der Waals surface area (Å²) in [6, 6.07) is 21.4. The van der Waals surface area contributed by atoms with Gasteiger partial charge in [-0.25, -0.2) is 0 Å². The molecule has 0 fully saturated rings. The highest BCUT2D eigenvalue weighted by molar-refractivity contribution is 9.10. The number of nitrogens with zero attached hydrogens (tertiary/aromatic N) is 2. The lowest BCUT2D eigenvalue weighted by Gasteiger charge is -2.32. The van der Waals surface area contributed by atoms with Crippen LogP contribution in [-0.2, 0) is 16.1 Å². The van der Waals surface area contributed by atoms with Crippen LogP contribution in [0.15, 0.2) is 83.3 Å². The number of ketones is 1. The van der Waals surface area contributed by atoms with Crippen LogP contribution in [0.3, 0.4) is 0 Å². The van der Waals surface area contributed by atoms with Crippen molar-refractivity contribution >= 4 is 61.6 Å².